The predicted octanol–water partition coefficient (Wildman–Crippen LogP) is 1.09. The molecule has 1 aliphatic rings. The van der Waals surface area contributed by atoms with Crippen molar-refractivity contribution in [2.45, 2.75) is 18.9 Å². The van der Waals surface area contributed by atoms with Gasteiger partial charge in [0.2, 0.25) is 0 Å². The fourth-order valence-electron chi connectivity index (χ4n) is 0.357. The Morgan fingerprint density at radius 3 is 2.71 bits per heavy atom. The summed E-state index contributed by atoms with van der Waals surface area (Å²) >= 11 is 2.02. The summed E-state index contributed by atoms with van der Waals surface area (Å²) in [4.78, 5) is 0. The maximum Gasteiger partial charge on any atom is 0.0342 e. The Morgan fingerprint density at radius 1 is 1.57 bits per heavy atom. The highest BCUT2D eigenvalue weighted by molar-refractivity contribution is 14.1. The van der Waals surface area contributed by atoms with Crippen molar-refractivity contribution in [3.05, 3.63) is 0 Å². The van der Waals surface area contributed by atoms with Gasteiger partial charge in [0.15, 0.2) is 0 Å². The maximum atomic E-state index is 3.04. The maximum absolute atomic E-state index is 3.04. The molecule has 0 aliphatic heterocycles. The summed E-state index contributed by atoms with van der Waals surface area (Å²) in [6.45, 7) is 0. The van der Waals surface area contributed by atoms with Gasteiger partial charge in [-0.2, -0.15) is 0 Å². The molecule has 38 valence electrons. The van der Waals surface area contributed by atoms with Crippen LogP contribution < -0.4 is 5.32 Å². The van der Waals surface area contributed by atoms with E-state index in [9.17, 15) is 0 Å². The lowest BCUT2D eigenvalue weighted by molar-refractivity contribution is 0.894. The van der Waals surface area contributed by atoms with E-state index in [1.165, 1.54) is 12.8 Å². The Morgan fingerprint density at radius 2 is 2.29 bits per heavy atom. The van der Waals surface area contributed by atoms with E-state index in [-0.39, 0.29) is 0 Å². The first-order valence-corrected chi connectivity index (χ1v) is 3.37. The van der Waals surface area contributed by atoms with Crippen LogP contribution in [-0.2, 0) is 0 Å². The van der Waals surface area contributed by atoms with Crippen molar-refractivity contribution < 1.29 is 0 Å². The average molecular weight is 207 g/mol. The van der Waals surface area contributed by atoms with Crippen molar-refractivity contribution in [2.75, 3.05) is 0 Å². The van der Waals surface area contributed by atoms with Crippen molar-refractivity contribution in [1.82, 2.24) is 5.32 Å². The van der Waals surface area contributed by atoms with Crippen molar-refractivity contribution in [1.29, 1.82) is 0 Å². The molecule has 2 heteroatoms. The van der Waals surface area contributed by atoms with Crippen LogP contribution in [0.25, 0.3) is 0 Å². The lowest BCUT2D eigenvalue weighted by Gasteiger charge is -1.83. The van der Waals surface area contributed by atoms with Crippen molar-refractivity contribution in [3.63, 3.8) is 0 Å². The summed E-state index contributed by atoms with van der Waals surface area (Å²) in [5.74, 6) is 0. The molecule has 1 nitrogen and oxygen atoms in total. The molecule has 0 spiro atoms. The molecule has 0 radical (unpaired) electrons. The van der Waals surface area contributed by atoms with Gasteiger partial charge in [0.1, 0.15) is 0 Å². The van der Waals surface area contributed by atoms with Crippen molar-refractivity contribution >= 4 is 22.6 Å². The zero-order valence-corrected chi connectivity index (χ0v) is 6.03. The van der Waals surface area contributed by atoms with Gasteiger partial charge in [0, 0.05) is 34.7 Å². The minimum atomic E-state index is 0.724. The highest BCUT2D eigenvalue weighted by Crippen LogP contribution is 2.17. The Kier molecular flexibility index (Phi) is 1.80. The highest BCUT2D eigenvalue weighted by Gasteiger charge is 2.18. The number of nitrogens with one attached hydrogen (secondary N) is 1. The minimum absolute atomic E-state index is 0.724. The second-order valence-corrected chi connectivity index (χ2v) is 2.18. The van der Waals surface area contributed by atoms with E-state index >= 15 is 0 Å². The van der Waals surface area contributed by atoms with Crippen molar-refractivity contribution in [3.8, 4) is 9.97 Å². The summed E-state index contributed by atoms with van der Waals surface area (Å²) < 4.78 is 2.75. The van der Waals surface area contributed by atoms with Crippen LogP contribution in [0.5, 0.6) is 0 Å². The first kappa shape index (κ1) is 5.23. The smallest absolute Gasteiger partial charge is 0.0342 e. The Labute approximate surface area is 57.0 Å². The minimum Gasteiger partial charge on any atom is -0.342 e. The van der Waals surface area contributed by atoms with E-state index in [1.807, 2.05) is 22.6 Å². The zero-order chi connectivity index (χ0) is 5.11. The normalized spacial score (nSPS) is 17.3. The largest absolute Gasteiger partial charge is 0.342 e. The van der Waals surface area contributed by atoms with E-state index in [0.717, 1.165) is 6.04 Å². The molecule has 0 saturated heterocycles. The summed E-state index contributed by atoms with van der Waals surface area (Å²) in [7, 11) is 0. The molecule has 1 rings (SSSR count). The molecule has 0 aromatic heterocycles. The van der Waals surface area contributed by atoms with E-state index in [1.54, 1.807) is 0 Å². The van der Waals surface area contributed by atoms with Gasteiger partial charge in [0.25, 0.3) is 0 Å². The molecule has 0 bridgehead atoms. The van der Waals surface area contributed by atoms with Crippen LogP contribution in [-0.4, -0.2) is 6.04 Å². The average Bonchev–Trinajstić information content (AvgIpc) is 2.42. The fourth-order valence-corrected chi connectivity index (χ4v) is 0.513. The molecule has 0 aromatic rings. The topological polar surface area (TPSA) is 12.0 Å². The Bertz CT molecular complexity index is 107. The van der Waals surface area contributed by atoms with Crippen LogP contribution in [0.15, 0.2) is 0 Å². The fraction of sp³-hybridized carbons (Fsp3) is 0.600. The van der Waals surface area contributed by atoms with Gasteiger partial charge in [-0.25, -0.2) is 0 Å². The predicted molar refractivity (Wildman–Crippen MR) is 38.0 cm³/mol. The van der Waals surface area contributed by atoms with Crippen LogP contribution in [0.1, 0.15) is 12.8 Å². The Balaban J connectivity index is 2.05. The molecule has 0 aromatic carbocycles. The summed E-state index contributed by atoms with van der Waals surface area (Å²) in [5, 5.41) is 3.04. The number of hydrogen-bond acceptors (Lipinski definition) is 1. The van der Waals surface area contributed by atoms with Gasteiger partial charge in [-0.05, 0) is 16.8 Å². The summed E-state index contributed by atoms with van der Waals surface area (Å²) in [6, 6.07) is 3.52. The molecular weight excluding hydrogens is 201 g/mol. The standard InChI is InChI=1S/C5H6IN/c6-3-4-7-5-1-2-5/h5,7H,1-2H2. The summed E-state index contributed by atoms with van der Waals surface area (Å²) in [6.07, 6.45) is 2.62. The monoisotopic (exact) mass is 207 g/mol. The molecule has 0 amide bonds. The van der Waals surface area contributed by atoms with E-state index < -0.39 is 0 Å². The molecular formula is C5H6IN. The number of hydrogen-bond donors (Lipinski definition) is 1. The van der Waals surface area contributed by atoms with E-state index in [0.29, 0.717) is 0 Å². The van der Waals surface area contributed by atoms with Gasteiger partial charge in [0.05, 0.1) is 0 Å². The molecule has 0 unspecified atom stereocenters. The van der Waals surface area contributed by atoms with Crippen LogP contribution in [0.3, 0.4) is 0 Å². The molecule has 0 heterocycles. The molecule has 1 aliphatic carbocycles. The van der Waals surface area contributed by atoms with Crippen molar-refractivity contribution in [2.24, 2.45) is 0 Å². The third-order valence-corrected chi connectivity index (χ3v) is 1.17. The van der Waals surface area contributed by atoms with Gasteiger partial charge in [-0.15, -0.1) is 0 Å². The second kappa shape index (κ2) is 2.41. The lowest BCUT2D eigenvalue weighted by atomic mass is 10.7. The molecule has 1 fully saturated rings. The lowest BCUT2D eigenvalue weighted by Crippen LogP contribution is -2.06. The van der Waals surface area contributed by atoms with Crippen LogP contribution in [0.2, 0.25) is 0 Å². The number of halogens is 1. The summed E-state index contributed by atoms with van der Waals surface area (Å²) in [5.41, 5.74) is 0. The molecule has 1 N–H and O–H groups in total. The number of rotatable bonds is 1. The van der Waals surface area contributed by atoms with Gasteiger partial charge >= 0.3 is 0 Å². The van der Waals surface area contributed by atoms with Gasteiger partial charge < -0.3 is 5.32 Å². The molecule has 1 saturated carbocycles. The van der Waals surface area contributed by atoms with Crippen LogP contribution in [0, 0.1) is 9.97 Å². The third kappa shape index (κ3) is 2.03. The zero-order valence-electron chi connectivity index (χ0n) is 3.87. The Hall–Kier alpha value is 0.0900. The van der Waals surface area contributed by atoms with Crippen LogP contribution in [0.4, 0.5) is 0 Å². The SMILES string of the molecule is IC#CNC1CC1. The highest BCUT2D eigenvalue weighted by atomic mass is 127. The van der Waals surface area contributed by atoms with E-state index in [4.69, 9.17) is 0 Å². The second-order valence-electron chi connectivity index (χ2n) is 1.64. The third-order valence-electron chi connectivity index (χ3n) is 0.901. The van der Waals surface area contributed by atoms with Gasteiger partial charge in [-0.3, -0.25) is 0 Å². The van der Waals surface area contributed by atoms with Gasteiger partial charge in [-0.1, -0.05) is 0 Å². The molecule has 0 atom stereocenters. The van der Waals surface area contributed by atoms with Crippen LogP contribution >= 0.6 is 22.6 Å². The quantitative estimate of drug-likeness (QED) is 0.385. The van der Waals surface area contributed by atoms with E-state index in [2.05, 4.69) is 15.3 Å². The molecule has 7 heavy (non-hydrogen) atoms. The first-order chi connectivity index (χ1) is 3.43. The first-order valence-electron chi connectivity index (χ1n) is 2.29.